The first-order valence-electron chi connectivity index (χ1n) is 5.75. The van der Waals surface area contributed by atoms with E-state index in [1.165, 1.54) is 25.7 Å². The Hall–Kier alpha value is 0. The van der Waals surface area contributed by atoms with E-state index in [4.69, 9.17) is 0 Å². The van der Waals surface area contributed by atoms with E-state index in [1.54, 1.807) is 0 Å². The van der Waals surface area contributed by atoms with Gasteiger partial charge in [-0.25, -0.2) is 0 Å². The molecule has 1 rings (SSSR count). The van der Waals surface area contributed by atoms with Crippen molar-refractivity contribution in [1.29, 1.82) is 0 Å². The van der Waals surface area contributed by atoms with Crippen molar-refractivity contribution < 1.29 is 0 Å². The second-order valence-corrected chi connectivity index (χ2v) is 3.96. The van der Waals surface area contributed by atoms with Crippen molar-refractivity contribution in [3.63, 3.8) is 0 Å². The Bertz CT molecular complexity index is 96.2. The smallest absolute Gasteiger partial charge is 0.0363 e. The van der Waals surface area contributed by atoms with Crippen molar-refractivity contribution in [2.75, 3.05) is 0 Å². The zero-order chi connectivity index (χ0) is 9.56. The fourth-order valence-electron chi connectivity index (χ4n) is 2.32. The molecule has 0 heterocycles. The lowest BCUT2D eigenvalue weighted by molar-refractivity contribution is 0.287. The van der Waals surface area contributed by atoms with Gasteiger partial charge >= 0.3 is 0 Å². The first kappa shape index (κ1) is 12.0. The van der Waals surface area contributed by atoms with Crippen LogP contribution in [0.1, 0.15) is 60.3 Å². The molecule has 0 aliphatic heterocycles. The van der Waals surface area contributed by atoms with Crippen LogP contribution in [0.15, 0.2) is 0 Å². The highest BCUT2D eigenvalue weighted by molar-refractivity contribution is 4.77. The van der Waals surface area contributed by atoms with E-state index in [9.17, 15) is 0 Å². The molecule has 0 saturated heterocycles. The van der Waals surface area contributed by atoms with Gasteiger partial charge in [0.1, 0.15) is 0 Å². The summed E-state index contributed by atoms with van der Waals surface area (Å²) in [6.45, 7) is 11.1. The van der Waals surface area contributed by atoms with Gasteiger partial charge in [0.2, 0.25) is 0 Å². The van der Waals surface area contributed by atoms with Crippen LogP contribution in [0, 0.1) is 17.8 Å². The quantitative estimate of drug-likeness (QED) is 0.572. The average Bonchev–Trinajstić information content (AvgIpc) is 2.54. The summed E-state index contributed by atoms with van der Waals surface area (Å²) < 4.78 is 0. The molecule has 0 nitrogen and oxygen atoms in total. The van der Waals surface area contributed by atoms with E-state index in [-0.39, 0.29) is 0 Å². The van der Waals surface area contributed by atoms with E-state index in [0.29, 0.717) is 0 Å². The highest BCUT2D eigenvalue weighted by Gasteiger charge is 2.26. The second-order valence-electron chi connectivity index (χ2n) is 3.96. The number of rotatable bonds is 2. The van der Waals surface area contributed by atoms with Gasteiger partial charge in [-0.15, -0.1) is 0 Å². The third-order valence-corrected chi connectivity index (χ3v) is 3.30. The van der Waals surface area contributed by atoms with Crippen LogP contribution in [0.4, 0.5) is 0 Å². The van der Waals surface area contributed by atoms with Gasteiger partial charge in [-0.3, -0.25) is 0 Å². The van der Waals surface area contributed by atoms with E-state index in [1.807, 2.05) is 13.8 Å². The molecule has 0 aromatic carbocycles. The Labute approximate surface area is 78.8 Å². The van der Waals surface area contributed by atoms with Crippen molar-refractivity contribution >= 4 is 0 Å². The van der Waals surface area contributed by atoms with Crippen LogP contribution in [-0.2, 0) is 0 Å². The molecular weight excluding hydrogens is 144 g/mol. The molecule has 1 fully saturated rings. The normalized spacial score (nSPS) is 30.8. The van der Waals surface area contributed by atoms with Gasteiger partial charge in [0, 0.05) is 0 Å². The fraction of sp³-hybridized carbons (Fsp3) is 1.00. The standard InChI is InChI=1S/C10H20.C2H6/c1-4-8(2)10-7-5-6-9(10)3;1-2/h8-10H,4-7H2,1-3H3;1-2H3. The first-order chi connectivity index (χ1) is 5.75. The molecule has 0 amide bonds. The van der Waals surface area contributed by atoms with Gasteiger partial charge in [-0.2, -0.15) is 0 Å². The van der Waals surface area contributed by atoms with Crippen LogP contribution in [0.3, 0.4) is 0 Å². The minimum atomic E-state index is 0.970. The predicted molar refractivity (Wildman–Crippen MR) is 57.3 cm³/mol. The summed E-state index contributed by atoms with van der Waals surface area (Å²) in [6, 6.07) is 0. The Morgan fingerprint density at radius 1 is 1.25 bits per heavy atom. The van der Waals surface area contributed by atoms with E-state index < -0.39 is 0 Å². The molecule has 1 saturated carbocycles. The molecule has 12 heavy (non-hydrogen) atoms. The predicted octanol–water partition coefficient (Wildman–Crippen LogP) is 4.49. The maximum Gasteiger partial charge on any atom is -0.0363 e. The lowest BCUT2D eigenvalue weighted by Crippen LogP contribution is -2.13. The van der Waals surface area contributed by atoms with Gasteiger partial charge in [0.05, 0.1) is 0 Å². The molecular formula is C12H26. The fourth-order valence-corrected chi connectivity index (χ4v) is 2.32. The molecule has 0 N–H and O–H groups in total. The highest BCUT2D eigenvalue weighted by Crippen LogP contribution is 2.37. The topological polar surface area (TPSA) is 0 Å². The van der Waals surface area contributed by atoms with Gasteiger partial charge in [0.15, 0.2) is 0 Å². The molecule has 0 bridgehead atoms. The van der Waals surface area contributed by atoms with Crippen LogP contribution in [0.25, 0.3) is 0 Å². The van der Waals surface area contributed by atoms with Crippen molar-refractivity contribution in [3.8, 4) is 0 Å². The molecule has 3 atom stereocenters. The van der Waals surface area contributed by atoms with Gasteiger partial charge < -0.3 is 0 Å². The maximum atomic E-state index is 2.42. The molecule has 0 aromatic rings. The summed E-state index contributed by atoms with van der Waals surface area (Å²) in [6.07, 6.45) is 5.83. The summed E-state index contributed by atoms with van der Waals surface area (Å²) in [5.74, 6) is 3.03. The second kappa shape index (κ2) is 6.51. The maximum absolute atomic E-state index is 2.42. The van der Waals surface area contributed by atoms with Crippen LogP contribution < -0.4 is 0 Å². The Kier molecular flexibility index (Phi) is 6.51. The lowest BCUT2D eigenvalue weighted by atomic mass is 9.85. The Morgan fingerprint density at radius 2 is 1.83 bits per heavy atom. The van der Waals surface area contributed by atoms with E-state index in [2.05, 4.69) is 20.8 Å². The van der Waals surface area contributed by atoms with Gasteiger partial charge in [-0.1, -0.05) is 53.9 Å². The molecule has 0 spiro atoms. The number of hydrogen-bond donors (Lipinski definition) is 0. The molecule has 0 radical (unpaired) electrons. The minimum absolute atomic E-state index is 0.970. The van der Waals surface area contributed by atoms with E-state index >= 15 is 0 Å². The minimum Gasteiger partial charge on any atom is -0.0683 e. The lowest BCUT2D eigenvalue weighted by Gasteiger charge is -2.21. The summed E-state index contributed by atoms with van der Waals surface area (Å²) in [7, 11) is 0. The molecule has 3 unspecified atom stereocenters. The third-order valence-electron chi connectivity index (χ3n) is 3.30. The van der Waals surface area contributed by atoms with Crippen molar-refractivity contribution in [2.45, 2.75) is 60.3 Å². The van der Waals surface area contributed by atoms with Crippen LogP contribution in [0.2, 0.25) is 0 Å². The average molecular weight is 170 g/mol. The SMILES string of the molecule is CC.CCC(C)C1CCCC1C. The molecule has 1 aliphatic carbocycles. The summed E-state index contributed by atoms with van der Waals surface area (Å²) >= 11 is 0. The monoisotopic (exact) mass is 170 g/mol. The Morgan fingerprint density at radius 3 is 2.17 bits per heavy atom. The number of hydrogen-bond acceptors (Lipinski definition) is 0. The van der Waals surface area contributed by atoms with Crippen molar-refractivity contribution in [3.05, 3.63) is 0 Å². The molecule has 74 valence electrons. The molecule has 1 aliphatic rings. The third kappa shape index (κ3) is 3.16. The van der Waals surface area contributed by atoms with Gasteiger partial charge in [0.25, 0.3) is 0 Å². The van der Waals surface area contributed by atoms with Crippen molar-refractivity contribution in [1.82, 2.24) is 0 Å². The molecule has 0 heteroatoms. The zero-order valence-corrected chi connectivity index (χ0v) is 9.56. The van der Waals surface area contributed by atoms with Gasteiger partial charge in [-0.05, 0) is 24.2 Å². The zero-order valence-electron chi connectivity index (χ0n) is 9.56. The largest absolute Gasteiger partial charge is 0.0683 e. The van der Waals surface area contributed by atoms with E-state index in [0.717, 1.165) is 17.8 Å². The summed E-state index contributed by atoms with van der Waals surface area (Å²) in [5.41, 5.74) is 0. The van der Waals surface area contributed by atoms with Crippen LogP contribution >= 0.6 is 0 Å². The summed E-state index contributed by atoms with van der Waals surface area (Å²) in [4.78, 5) is 0. The molecule has 0 aromatic heterocycles. The van der Waals surface area contributed by atoms with Crippen molar-refractivity contribution in [2.24, 2.45) is 17.8 Å². The van der Waals surface area contributed by atoms with Crippen LogP contribution in [0.5, 0.6) is 0 Å². The summed E-state index contributed by atoms with van der Waals surface area (Å²) in [5, 5.41) is 0. The first-order valence-corrected chi connectivity index (χ1v) is 5.75. The highest BCUT2D eigenvalue weighted by atomic mass is 14.3. The Balaban J connectivity index is 0.000000561. The van der Waals surface area contributed by atoms with Crippen LogP contribution in [-0.4, -0.2) is 0 Å².